The summed E-state index contributed by atoms with van der Waals surface area (Å²) >= 11 is 0. The van der Waals surface area contributed by atoms with Gasteiger partial charge in [-0.1, -0.05) is 12.1 Å². The lowest BCUT2D eigenvalue weighted by molar-refractivity contribution is 0.141. The monoisotopic (exact) mass is 306 g/mol. The molecule has 2 rings (SSSR count). The van der Waals surface area contributed by atoms with Gasteiger partial charge in [-0.3, -0.25) is 0 Å². The number of aryl methyl sites for hydroxylation is 1. The summed E-state index contributed by atoms with van der Waals surface area (Å²) in [6.45, 7) is 7.19. The van der Waals surface area contributed by atoms with E-state index in [2.05, 4.69) is 36.9 Å². The Morgan fingerprint density at radius 1 is 1.27 bits per heavy atom. The highest BCUT2D eigenvalue weighted by atomic mass is 16.3. The van der Waals surface area contributed by atoms with Gasteiger partial charge in [0.25, 0.3) is 0 Å². The first-order valence-electron chi connectivity index (χ1n) is 8.40. The molecule has 22 heavy (non-hydrogen) atoms. The molecule has 0 saturated carbocycles. The van der Waals surface area contributed by atoms with Gasteiger partial charge in [0, 0.05) is 31.4 Å². The number of hydrogen-bond donors (Lipinski definition) is 2. The molecule has 4 nitrogen and oxygen atoms in total. The largest absolute Gasteiger partial charge is 0.395 e. The van der Waals surface area contributed by atoms with E-state index in [1.54, 1.807) is 0 Å². The molecule has 2 N–H and O–H groups in total. The number of likely N-dealkylation sites (N-methyl/N-ethyl adjacent to an activating group) is 1. The maximum absolute atomic E-state index is 10.4. The summed E-state index contributed by atoms with van der Waals surface area (Å²) < 4.78 is 0. The summed E-state index contributed by atoms with van der Waals surface area (Å²) in [6, 6.07) is 6.93. The molecule has 1 aliphatic heterocycles. The molecule has 0 spiro atoms. The van der Waals surface area contributed by atoms with Crippen LogP contribution < -0.4 is 4.90 Å². The third kappa shape index (κ3) is 4.22. The lowest BCUT2D eigenvalue weighted by Gasteiger charge is -2.35. The zero-order chi connectivity index (χ0) is 16.1. The summed E-state index contributed by atoms with van der Waals surface area (Å²) in [7, 11) is 1.97. The van der Waals surface area contributed by atoms with Crippen LogP contribution in [0.15, 0.2) is 18.2 Å². The van der Waals surface area contributed by atoms with Gasteiger partial charge in [-0.05, 0) is 57.4 Å². The van der Waals surface area contributed by atoms with Crippen LogP contribution in [-0.2, 0) is 6.42 Å². The summed E-state index contributed by atoms with van der Waals surface area (Å²) in [4.78, 5) is 4.49. The van der Waals surface area contributed by atoms with Crippen molar-refractivity contribution in [1.82, 2.24) is 4.90 Å². The van der Waals surface area contributed by atoms with Crippen molar-refractivity contribution in [2.45, 2.75) is 45.3 Å². The Morgan fingerprint density at radius 2 is 2.05 bits per heavy atom. The highest BCUT2D eigenvalue weighted by Gasteiger charge is 2.20. The predicted octanol–water partition coefficient (Wildman–Crippen LogP) is 2.20. The number of aliphatic hydroxyl groups is 2. The Kier molecular flexibility index (Phi) is 6.24. The molecule has 1 aromatic rings. The van der Waals surface area contributed by atoms with Crippen LogP contribution in [0.3, 0.4) is 0 Å². The van der Waals surface area contributed by atoms with Crippen molar-refractivity contribution >= 4 is 5.69 Å². The van der Waals surface area contributed by atoms with Gasteiger partial charge in [0.2, 0.25) is 0 Å². The first-order valence-corrected chi connectivity index (χ1v) is 8.40. The SMILES string of the molecule is CC(C)N1CCCc2cc(C(O)CCN(C)CCO)ccc21. The highest BCUT2D eigenvalue weighted by Crippen LogP contribution is 2.31. The Bertz CT molecular complexity index is 476. The molecular formula is C18H30N2O2. The zero-order valence-electron chi connectivity index (χ0n) is 14.1. The molecule has 1 atom stereocenters. The van der Waals surface area contributed by atoms with Gasteiger partial charge in [-0.2, -0.15) is 0 Å². The van der Waals surface area contributed by atoms with Crippen LogP contribution in [0.4, 0.5) is 5.69 Å². The molecule has 1 heterocycles. The van der Waals surface area contributed by atoms with Crippen LogP contribution in [0.5, 0.6) is 0 Å². The molecule has 4 heteroatoms. The van der Waals surface area contributed by atoms with Crippen molar-refractivity contribution in [1.29, 1.82) is 0 Å². The Balaban J connectivity index is 2.04. The lowest BCUT2D eigenvalue weighted by Crippen LogP contribution is -2.35. The van der Waals surface area contributed by atoms with Gasteiger partial charge < -0.3 is 20.0 Å². The second kappa shape index (κ2) is 7.95. The van der Waals surface area contributed by atoms with Gasteiger partial charge in [0.05, 0.1) is 12.7 Å². The second-order valence-corrected chi connectivity index (χ2v) is 6.61. The Hall–Kier alpha value is -1.10. The molecule has 1 unspecified atom stereocenters. The van der Waals surface area contributed by atoms with Crippen LogP contribution in [0.2, 0.25) is 0 Å². The van der Waals surface area contributed by atoms with E-state index in [0.717, 1.165) is 25.1 Å². The molecule has 0 saturated heterocycles. The van der Waals surface area contributed by atoms with Crippen molar-refractivity contribution in [3.63, 3.8) is 0 Å². The van der Waals surface area contributed by atoms with E-state index in [1.807, 2.05) is 11.9 Å². The number of fused-ring (bicyclic) bond motifs is 1. The first-order chi connectivity index (χ1) is 10.5. The third-order valence-corrected chi connectivity index (χ3v) is 4.53. The van der Waals surface area contributed by atoms with Crippen LogP contribution in [0.25, 0.3) is 0 Å². The molecule has 0 aromatic heterocycles. The van der Waals surface area contributed by atoms with Crippen LogP contribution >= 0.6 is 0 Å². The van der Waals surface area contributed by atoms with Crippen molar-refractivity contribution in [2.24, 2.45) is 0 Å². The number of benzene rings is 1. The average molecular weight is 306 g/mol. The minimum Gasteiger partial charge on any atom is -0.395 e. The standard InChI is InChI=1S/C18H30N2O2/c1-14(2)20-9-4-5-15-13-16(6-7-17(15)20)18(22)8-10-19(3)11-12-21/h6-7,13-14,18,21-22H,4-5,8-12H2,1-3H3. The Labute approximate surface area is 134 Å². The number of aliphatic hydroxyl groups excluding tert-OH is 2. The fourth-order valence-corrected chi connectivity index (χ4v) is 3.18. The fraction of sp³-hybridized carbons (Fsp3) is 0.667. The molecule has 0 aliphatic carbocycles. The quantitative estimate of drug-likeness (QED) is 0.811. The molecular weight excluding hydrogens is 276 g/mol. The van der Waals surface area contributed by atoms with E-state index in [9.17, 15) is 5.11 Å². The minimum absolute atomic E-state index is 0.163. The van der Waals surface area contributed by atoms with Crippen molar-refractivity contribution in [3.8, 4) is 0 Å². The molecule has 0 fully saturated rings. The third-order valence-electron chi connectivity index (χ3n) is 4.53. The van der Waals surface area contributed by atoms with Crippen LogP contribution in [0, 0.1) is 0 Å². The van der Waals surface area contributed by atoms with Gasteiger partial charge in [-0.15, -0.1) is 0 Å². The molecule has 0 amide bonds. The number of anilines is 1. The number of hydrogen-bond acceptors (Lipinski definition) is 4. The van der Waals surface area contributed by atoms with E-state index in [1.165, 1.54) is 17.7 Å². The normalized spacial score (nSPS) is 16.2. The van der Waals surface area contributed by atoms with E-state index < -0.39 is 6.10 Å². The molecule has 124 valence electrons. The maximum atomic E-state index is 10.4. The molecule has 0 bridgehead atoms. The van der Waals surface area contributed by atoms with Gasteiger partial charge in [-0.25, -0.2) is 0 Å². The number of nitrogens with zero attached hydrogens (tertiary/aromatic N) is 2. The number of rotatable bonds is 7. The highest BCUT2D eigenvalue weighted by molar-refractivity contribution is 5.57. The summed E-state index contributed by atoms with van der Waals surface area (Å²) in [5.74, 6) is 0. The molecule has 1 aliphatic rings. The van der Waals surface area contributed by atoms with E-state index in [-0.39, 0.29) is 6.61 Å². The second-order valence-electron chi connectivity index (χ2n) is 6.61. The van der Waals surface area contributed by atoms with Gasteiger partial charge in [0.15, 0.2) is 0 Å². The van der Waals surface area contributed by atoms with Crippen LogP contribution in [-0.4, -0.2) is 54.4 Å². The van der Waals surface area contributed by atoms with Crippen LogP contribution in [0.1, 0.15) is 43.9 Å². The van der Waals surface area contributed by atoms with E-state index >= 15 is 0 Å². The summed E-state index contributed by atoms with van der Waals surface area (Å²) in [5.41, 5.74) is 3.71. The maximum Gasteiger partial charge on any atom is 0.0802 e. The van der Waals surface area contributed by atoms with E-state index in [0.29, 0.717) is 19.0 Å². The topological polar surface area (TPSA) is 46.9 Å². The fourth-order valence-electron chi connectivity index (χ4n) is 3.18. The molecule has 1 aromatic carbocycles. The minimum atomic E-state index is -0.430. The summed E-state index contributed by atoms with van der Waals surface area (Å²) in [6.07, 6.45) is 2.55. The van der Waals surface area contributed by atoms with E-state index in [4.69, 9.17) is 5.11 Å². The zero-order valence-corrected chi connectivity index (χ0v) is 14.1. The van der Waals surface area contributed by atoms with Crippen molar-refractivity contribution in [3.05, 3.63) is 29.3 Å². The first kappa shape index (κ1) is 17.3. The molecule has 0 radical (unpaired) electrons. The predicted molar refractivity (Wildman–Crippen MR) is 91.4 cm³/mol. The van der Waals surface area contributed by atoms with Gasteiger partial charge >= 0.3 is 0 Å². The smallest absolute Gasteiger partial charge is 0.0802 e. The summed E-state index contributed by atoms with van der Waals surface area (Å²) in [5, 5.41) is 19.3. The van der Waals surface area contributed by atoms with Gasteiger partial charge in [0.1, 0.15) is 0 Å². The van der Waals surface area contributed by atoms with Crippen molar-refractivity contribution in [2.75, 3.05) is 38.2 Å². The lowest BCUT2D eigenvalue weighted by atomic mass is 9.95. The average Bonchev–Trinajstić information content (AvgIpc) is 2.51. The van der Waals surface area contributed by atoms with Crippen molar-refractivity contribution < 1.29 is 10.2 Å². The Morgan fingerprint density at radius 3 is 2.73 bits per heavy atom.